The molecule has 0 aromatic heterocycles. The van der Waals surface area contributed by atoms with E-state index in [0.717, 1.165) is 48.0 Å². The van der Waals surface area contributed by atoms with Gasteiger partial charge in [-0.3, -0.25) is 4.79 Å². The van der Waals surface area contributed by atoms with Gasteiger partial charge in [0.1, 0.15) is 0 Å². The molecule has 1 aromatic rings. The number of piperidine rings is 1. The van der Waals surface area contributed by atoms with Crippen LogP contribution >= 0.6 is 35.6 Å². The number of hydrogen-bond acceptors (Lipinski definition) is 2. The van der Waals surface area contributed by atoms with Crippen LogP contribution < -0.4 is 5.73 Å². The van der Waals surface area contributed by atoms with Gasteiger partial charge in [-0.25, -0.2) is 0 Å². The van der Waals surface area contributed by atoms with E-state index in [9.17, 15) is 4.79 Å². The van der Waals surface area contributed by atoms with Crippen molar-refractivity contribution in [1.29, 1.82) is 0 Å². The Labute approximate surface area is 142 Å². The lowest BCUT2D eigenvalue weighted by atomic mass is 9.90. The summed E-state index contributed by atoms with van der Waals surface area (Å²) in [5.41, 5.74) is 6.52. The second-order valence-electron chi connectivity index (χ2n) is 5.30. The highest BCUT2D eigenvalue weighted by atomic mass is 35.5. The number of amides is 1. The SMILES string of the molecule is Cl.NCCC(=O)N1CCC(Cc2cc(Cl)ccc2Cl)CC1. The van der Waals surface area contributed by atoms with Gasteiger partial charge in [0.25, 0.3) is 0 Å². The van der Waals surface area contributed by atoms with E-state index < -0.39 is 0 Å². The van der Waals surface area contributed by atoms with Gasteiger partial charge in [0.2, 0.25) is 5.91 Å². The third kappa shape index (κ3) is 5.33. The summed E-state index contributed by atoms with van der Waals surface area (Å²) in [6.45, 7) is 2.07. The summed E-state index contributed by atoms with van der Waals surface area (Å²) >= 11 is 12.2. The van der Waals surface area contributed by atoms with Crippen LogP contribution in [0.4, 0.5) is 0 Å². The minimum atomic E-state index is 0. The van der Waals surface area contributed by atoms with Crippen molar-refractivity contribution in [3.63, 3.8) is 0 Å². The Morgan fingerprint density at radius 1 is 1.29 bits per heavy atom. The zero-order valence-corrected chi connectivity index (χ0v) is 14.2. The third-order valence-electron chi connectivity index (χ3n) is 3.84. The molecule has 2 rings (SSSR count). The van der Waals surface area contributed by atoms with Gasteiger partial charge in [0, 0.05) is 36.1 Å². The third-order valence-corrected chi connectivity index (χ3v) is 4.45. The molecule has 1 saturated heterocycles. The molecule has 1 aliphatic heterocycles. The predicted molar refractivity (Wildman–Crippen MR) is 90.4 cm³/mol. The summed E-state index contributed by atoms with van der Waals surface area (Å²) in [6.07, 6.45) is 3.40. The number of hydrogen-bond donors (Lipinski definition) is 1. The Morgan fingerprint density at radius 3 is 2.57 bits per heavy atom. The first kappa shape index (κ1) is 18.6. The van der Waals surface area contributed by atoms with E-state index in [1.54, 1.807) is 0 Å². The van der Waals surface area contributed by atoms with Crippen molar-refractivity contribution in [2.45, 2.75) is 25.7 Å². The highest BCUT2D eigenvalue weighted by Gasteiger charge is 2.22. The number of halogens is 3. The topological polar surface area (TPSA) is 46.3 Å². The van der Waals surface area contributed by atoms with Crippen LogP contribution in [0, 0.1) is 5.92 Å². The first-order chi connectivity index (χ1) is 9.60. The van der Waals surface area contributed by atoms with Crippen LogP contribution in [-0.4, -0.2) is 30.4 Å². The second-order valence-corrected chi connectivity index (χ2v) is 6.15. The molecule has 1 aromatic carbocycles. The molecule has 21 heavy (non-hydrogen) atoms. The number of nitrogens with zero attached hydrogens (tertiary/aromatic N) is 1. The Bertz CT molecular complexity index is 474. The summed E-state index contributed by atoms with van der Waals surface area (Å²) in [6, 6.07) is 5.59. The average Bonchev–Trinajstić information content (AvgIpc) is 2.44. The van der Waals surface area contributed by atoms with E-state index in [1.165, 1.54) is 0 Å². The minimum absolute atomic E-state index is 0. The van der Waals surface area contributed by atoms with Gasteiger partial charge in [0.05, 0.1) is 0 Å². The number of carbonyl (C=O) groups is 1. The lowest BCUT2D eigenvalue weighted by molar-refractivity contribution is -0.132. The number of rotatable bonds is 4. The molecule has 0 bridgehead atoms. The standard InChI is InChI=1S/C15H20Cl2N2O.ClH/c16-13-1-2-14(17)12(10-13)9-11-4-7-19(8-5-11)15(20)3-6-18;/h1-2,10-11H,3-9,18H2;1H. The molecule has 3 nitrogen and oxygen atoms in total. The zero-order valence-electron chi connectivity index (χ0n) is 11.9. The first-order valence-electron chi connectivity index (χ1n) is 7.02. The molecule has 6 heteroatoms. The minimum Gasteiger partial charge on any atom is -0.343 e. The summed E-state index contributed by atoms with van der Waals surface area (Å²) in [4.78, 5) is 13.7. The molecule has 0 atom stereocenters. The monoisotopic (exact) mass is 350 g/mol. The maximum atomic E-state index is 11.8. The normalized spacial score (nSPS) is 15.7. The van der Waals surface area contributed by atoms with E-state index in [4.69, 9.17) is 28.9 Å². The summed E-state index contributed by atoms with van der Waals surface area (Å²) in [5.74, 6) is 0.736. The van der Waals surface area contributed by atoms with E-state index in [1.807, 2.05) is 23.1 Å². The summed E-state index contributed by atoms with van der Waals surface area (Å²) in [5, 5.41) is 1.50. The molecule has 0 unspecified atom stereocenters. The predicted octanol–water partition coefficient (Wildman–Crippen LogP) is 3.55. The maximum absolute atomic E-state index is 11.8. The molecule has 0 aliphatic carbocycles. The number of benzene rings is 1. The fourth-order valence-electron chi connectivity index (χ4n) is 2.68. The quantitative estimate of drug-likeness (QED) is 0.901. The molecular weight excluding hydrogens is 331 g/mol. The van der Waals surface area contributed by atoms with Gasteiger partial charge in [-0.2, -0.15) is 0 Å². The van der Waals surface area contributed by atoms with Crippen molar-refractivity contribution in [2.75, 3.05) is 19.6 Å². The molecule has 0 spiro atoms. The highest BCUT2D eigenvalue weighted by Crippen LogP contribution is 2.27. The van der Waals surface area contributed by atoms with Crippen LogP contribution in [0.2, 0.25) is 10.0 Å². The Kier molecular flexibility index (Phi) is 7.82. The molecule has 118 valence electrons. The average molecular weight is 352 g/mol. The maximum Gasteiger partial charge on any atom is 0.223 e. The van der Waals surface area contributed by atoms with Gasteiger partial charge in [-0.1, -0.05) is 23.2 Å². The van der Waals surface area contributed by atoms with Crippen molar-refractivity contribution >= 4 is 41.5 Å². The van der Waals surface area contributed by atoms with E-state index in [2.05, 4.69) is 0 Å². The van der Waals surface area contributed by atoms with Gasteiger partial charge in [-0.15, -0.1) is 12.4 Å². The lowest BCUT2D eigenvalue weighted by Gasteiger charge is -2.32. The number of nitrogens with two attached hydrogens (primary N) is 1. The van der Waals surface area contributed by atoms with Crippen molar-refractivity contribution < 1.29 is 4.79 Å². The van der Waals surface area contributed by atoms with E-state index >= 15 is 0 Å². The van der Waals surface area contributed by atoms with Crippen molar-refractivity contribution in [3.05, 3.63) is 33.8 Å². The van der Waals surface area contributed by atoms with Crippen LogP contribution in [0.1, 0.15) is 24.8 Å². The second kappa shape index (κ2) is 8.84. The van der Waals surface area contributed by atoms with Crippen molar-refractivity contribution in [3.8, 4) is 0 Å². The molecule has 0 saturated carbocycles. The molecule has 0 radical (unpaired) electrons. The number of likely N-dealkylation sites (tertiary alicyclic amines) is 1. The molecule has 1 amide bonds. The van der Waals surface area contributed by atoms with Gasteiger partial charge < -0.3 is 10.6 Å². The molecule has 2 N–H and O–H groups in total. The number of carbonyl (C=O) groups excluding carboxylic acids is 1. The van der Waals surface area contributed by atoms with Crippen LogP contribution in [0.3, 0.4) is 0 Å². The summed E-state index contributed by atoms with van der Waals surface area (Å²) in [7, 11) is 0. The Balaban J connectivity index is 0.00000220. The van der Waals surface area contributed by atoms with Crippen molar-refractivity contribution in [2.24, 2.45) is 11.7 Å². The fraction of sp³-hybridized carbons (Fsp3) is 0.533. The molecule has 1 fully saturated rings. The summed E-state index contributed by atoms with van der Waals surface area (Å²) < 4.78 is 0. The first-order valence-corrected chi connectivity index (χ1v) is 7.77. The van der Waals surface area contributed by atoms with Crippen LogP contribution in [0.25, 0.3) is 0 Å². The highest BCUT2D eigenvalue weighted by molar-refractivity contribution is 6.33. The fourth-order valence-corrected chi connectivity index (χ4v) is 3.07. The smallest absolute Gasteiger partial charge is 0.223 e. The van der Waals surface area contributed by atoms with E-state index in [-0.39, 0.29) is 18.3 Å². The Morgan fingerprint density at radius 2 is 1.95 bits per heavy atom. The van der Waals surface area contributed by atoms with Gasteiger partial charge in [-0.05, 0) is 48.9 Å². The van der Waals surface area contributed by atoms with Crippen molar-refractivity contribution in [1.82, 2.24) is 4.90 Å². The molecule has 1 aliphatic rings. The van der Waals surface area contributed by atoms with E-state index in [0.29, 0.717) is 18.9 Å². The largest absolute Gasteiger partial charge is 0.343 e. The Hall–Kier alpha value is -0.480. The van der Waals surface area contributed by atoms with Gasteiger partial charge >= 0.3 is 0 Å². The molecular formula is C15H21Cl3N2O. The molecule has 1 heterocycles. The van der Waals surface area contributed by atoms with Gasteiger partial charge in [0.15, 0.2) is 0 Å². The zero-order chi connectivity index (χ0) is 14.5. The van der Waals surface area contributed by atoms with Crippen LogP contribution in [0.5, 0.6) is 0 Å². The van der Waals surface area contributed by atoms with Crippen LogP contribution in [-0.2, 0) is 11.2 Å². The van der Waals surface area contributed by atoms with Crippen LogP contribution in [0.15, 0.2) is 18.2 Å². The lowest BCUT2D eigenvalue weighted by Crippen LogP contribution is -2.39.